The lowest BCUT2D eigenvalue weighted by Crippen LogP contribution is -2.15. The molecule has 9 heteroatoms. The van der Waals surface area contributed by atoms with Crippen molar-refractivity contribution in [3.8, 4) is 0 Å². The maximum Gasteiger partial charge on any atom is 0.234 e. The molecule has 0 saturated carbocycles. The fourth-order valence-electron chi connectivity index (χ4n) is 2.47. The van der Waals surface area contributed by atoms with Gasteiger partial charge in [0.25, 0.3) is 0 Å². The van der Waals surface area contributed by atoms with Crippen LogP contribution in [0.1, 0.15) is 17.0 Å². The smallest absolute Gasteiger partial charge is 0.234 e. The van der Waals surface area contributed by atoms with Gasteiger partial charge in [-0.15, -0.1) is 11.8 Å². The van der Waals surface area contributed by atoms with Gasteiger partial charge in [-0.25, -0.2) is 4.39 Å². The van der Waals surface area contributed by atoms with Gasteiger partial charge in [-0.3, -0.25) is 4.79 Å². The van der Waals surface area contributed by atoms with Crippen LogP contribution in [0.5, 0.6) is 0 Å². The zero-order valence-electron chi connectivity index (χ0n) is 16.1. The summed E-state index contributed by atoms with van der Waals surface area (Å²) >= 11 is 1.30. The fourth-order valence-corrected chi connectivity index (χ4v) is 3.14. The van der Waals surface area contributed by atoms with Crippen LogP contribution in [-0.2, 0) is 10.5 Å². The number of aromatic nitrogens is 3. The largest absolute Gasteiger partial charge is 0.368 e. The number of anilines is 4. The first-order valence-electron chi connectivity index (χ1n) is 8.87. The van der Waals surface area contributed by atoms with Crippen molar-refractivity contribution in [2.75, 3.05) is 22.1 Å². The van der Waals surface area contributed by atoms with Gasteiger partial charge >= 0.3 is 0 Å². The molecule has 0 unspecified atom stereocenters. The average molecular weight is 412 g/mol. The quantitative estimate of drug-likeness (QED) is 0.541. The lowest BCUT2D eigenvalue weighted by molar-refractivity contribution is -0.113. The zero-order chi connectivity index (χ0) is 20.8. The Morgan fingerprint density at radius 2 is 1.79 bits per heavy atom. The molecule has 0 spiro atoms. The number of nitrogen functional groups attached to an aromatic ring is 1. The molecule has 0 aliphatic carbocycles. The van der Waals surface area contributed by atoms with E-state index in [1.54, 1.807) is 19.1 Å². The van der Waals surface area contributed by atoms with Crippen molar-refractivity contribution in [3.05, 3.63) is 65.2 Å². The highest BCUT2D eigenvalue weighted by atomic mass is 32.2. The van der Waals surface area contributed by atoms with Gasteiger partial charge in [0.05, 0.1) is 17.2 Å². The lowest BCUT2D eigenvalue weighted by atomic mass is 10.2. The van der Waals surface area contributed by atoms with Crippen molar-refractivity contribution < 1.29 is 9.18 Å². The number of hydrogen-bond donors (Lipinski definition) is 3. The third-order valence-electron chi connectivity index (χ3n) is 3.87. The van der Waals surface area contributed by atoms with E-state index >= 15 is 0 Å². The van der Waals surface area contributed by atoms with Gasteiger partial charge in [0.15, 0.2) is 0 Å². The maximum absolute atomic E-state index is 13.8. The molecule has 29 heavy (non-hydrogen) atoms. The van der Waals surface area contributed by atoms with Crippen LogP contribution in [0, 0.1) is 19.7 Å². The monoisotopic (exact) mass is 412 g/mol. The van der Waals surface area contributed by atoms with E-state index in [0.717, 1.165) is 16.8 Å². The van der Waals surface area contributed by atoms with Crippen molar-refractivity contribution in [2.45, 2.75) is 19.6 Å². The standard InChI is InChI=1S/C20H21FN6OS/c1-12-3-6-14(7-4-12)23-20-26-17(25-19(22)27-20)10-29-11-18(28)24-16-8-5-13(2)9-15(16)21/h3-9H,10-11H2,1-2H3,(H,24,28)(H3,22,23,25,26,27). The SMILES string of the molecule is Cc1ccc(Nc2nc(N)nc(CSCC(=O)Nc3ccc(C)cc3F)n2)cc1. The molecule has 7 nitrogen and oxygen atoms in total. The van der Waals surface area contributed by atoms with E-state index in [9.17, 15) is 9.18 Å². The van der Waals surface area contributed by atoms with Crippen LogP contribution in [0.2, 0.25) is 0 Å². The number of nitrogens with zero attached hydrogens (tertiary/aromatic N) is 3. The first-order chi connectivity index (χ1) is 13.9. The third-order valence-corrected chi connectivity index (χ3v) is 4.80. The number of nitrogens with two attached hydrogens (primary N) is 1. The van der Waals surface area contributed by atoms with Crippen molar-refractivity contribution in [1.82, 2.24) is 15.0 Å². The molecule has 2 aromatic carbocycles. The van der Waals surface area contributed by atoms with E-state index in [1.165, 1.54) is 17.8 Å². The highest BCUT2D eigenvalue weighted by Crippen LogP contribution is 2.18. The summed E-state index contributed by atoms with van der Waals surface area (Å²) in [7, 11) is 0. The lowest BCUT2D eigenvalue weighted by Gasteiger charge is -2.08. The normalized spacial score (nSPS) is 10.6. The van der Waals surface area contributed by atoms with Gasteiger partial charge in [-0.2, -0.15) is 15.0 Å². The molecule has 0 saturated heterocycles. The topological polar surface area (TPSA) is 106 Å². The van der Waals surface area contributed by atoms with Crippen LogP contribution in [0.4, 0.5) is 27.7 Å². The summed E-state index contributed by atoms with van der Waals surface area (Å²) < 4.78 is 13.8. The molecule has 0 atom stereocenters. The van der Waals surface area contributed by atoms with Crippen LogP contribution in [0.3, 0.4) is 0 Å². The molecule has 0 fully saturated rings. The van der Waals surface area contributed by atoms with Crippen molar-refractivity contribution in [3.63, 3.8) is 0 Å². The van der Waals surface area contributed by atoms with E-state index in [-0.39, 0.29) is 23.3 Å². The summed E-state index contributed by atoms with van der Waals surface area (Å²) in [5, 5.41) is 5.64. The predicted octanol–water partition coefficient (Wildman–Crippen LogP) is 3.83. The number of aryl methyl sites for hydroxylation is 2. The summed E-state index contributed by atoms with van der Waals surface area (Å²) in [5.74, 6) is 0.600. The minimum absolute atomic E-state index is 0.0939. The number of carbonyl (C=O) groups excluding carboxylic acids is 1. The second-order valence-corrected chi connectivity index (χ2v) is 7.43. The van der Waals surface area contributed by atoms with Crippen LogP contribution in [-0.4, -0.2) is 26.6 Å². The Morgan fingerprint density at radius 1 is 1.07 bits per heavy atom. The molecular weight excluding hydrogens is 391 g/mol. The molecule has 1 aromatic heterocycles. The number of amides is 1. The maximum atomic E-state index is 13.8. The van der Waals surface area contributed by atoms with Gasteiger partial charge in [0.2, 0.25) is 17.8 Å². The molecule has 0 bridgehead atoms. The summed E-state index contributed by atoms with van der Waals surface area (Å²) in [4.78, 5) is 24.6. The van der Waals surface area contributed by atoms with Crippen molar-refractivity contribution in [1.29, 1.82) is 0 Å². The van der Waals surface area contributed by atoms with Gasteiger partial charge in [-0.1, -0.05) is 23.8 Å². The van der Waals surface area contributed by atoms with Gasteiger partial charge < -0.3 is 16.4 Å². The van der Waals surface area contributed by atoms with Crippen LogP contribution in [0.15, 0.2) is 42.5 Å². The zero-order valence-corrected chi connectivity index (χ0v) is 16.9. The molecule has 0 radical (unpaired) electrons. The number of hydrogen-bond acceptors (Lipinski definition) is 7. The van der Waals surface area contributed by atoms with Gasteiger partial charge in [-0.05, 0) is 43.7 Å². The minimum Gasteiger partial charge on any atom is -0.368 e. The van der Waals surface area contributed by atoms with E-state index < -0.39 is 5.82 Å². The molecular formula is C20H21FN6OS. The van der Waals surface area contributed by atoms with Crippen molar-refractivity contribution in [2.24, 2.45) is 0 Å². The number of benzene rings is 2. The predicted molar refractivity (Wildman–Crippen MR) is 115 cm³/mol. The van der Waals surface area contributed by atoms with E-state index in [4.69, 9.17) is 5.73 Å². The molecule has 150 valence electrons. The summed E-state index contributed by atoms with van der Waals surface area (Å²) in [6.45, 7) is 3.79. The summed E-state index contributed by atoms with van der Waals surface area (Å²) in [6.07, 6.45) is 0. The van der Waals surface area contributed by atoms with E-state index in [2.05, 4.69) is 25.6 Å². The molecule has 1 amide bonds. The van der Waals surface area contributed by atoms with Crippen LogP contribution < -0.4 is 16.4 Å². The second-order valence-electron chi connectivity index (χ2n) is 6.45. The summed E-state index contributed by atoms with van der Waals surface area (Å²) in [6, 6.07) is 12.4. The Morgan fingerprint density at radius 3 is 2.52 bits per heavy atom. The van der Waals surface area contributed by atoms with Crippen LogP contribution >= 0.6 is 11.8 Å². The Labute approximate surface area is 172 Å². The highest BCUT2D eigenvalue weighted by molar-refractivity contribution is 7.99. The van der Waals surface area contributed by atoms with Crippen LogP contribution in [0.25, 0.3) is 0 Å². The Hall–Kier alpha value is -3.20. The number of rotatable bonds is 7. The van der Waals surface area contributed by atoms with E-state index in [0.29, 0.717) is 17.5 Å². The average Bonchev–Trinajstić information content (AvgIpc) is 2.65. The van der Waals surface area contributed by atoms with E-state index in [1.807, 2.05) is 31.2 Å². The molecule has 0 aliphatic heterocycles. The molecule has 4 N–H and O–H groups in total. The number of thioether (sulfide) groups is 1. The van der Waals surface area contributed by atoms with Crippen molar-refractivity contribution >= 4 is 40.9 Å². The second kappa shape index (κ2) is 9.33. The number of nitrogens with one attached hydrogen (secondary N) is 2. The summed E-state index contributed by atoms with van der Waals surface area (Å²) in [5.41, 5.74) is 8.70. The fraction of sp³-hybridized carbons (Fsp3) is 0.200. The molecule has 1 heterocycles. The Bertz CT molecular complexity index is 1010. The molecule has 3 aromatic rings. The first kappa shape index (κ1) is 20.5. The Balaban J connectivity index is 1.55. The number of halogens is 1. The van der Waals surface area contributed by atoms with Gasteiger partial charge in [0.1, 0.15) is 11.6 Å². The third kappa shape index (κ3) is 6.15. The molecule has 3 rings (SSSR count). The van der Waals surface area contributed by atoms with Gasteiger partial charge in [0, 0.05) is 5.69 Å². The first-order valence-corrected chi connectivity index (χ1v) is 10.0. The number of carbonyl (C=O) groups is 1. The molecule has 0 aliphatic rings. The Kier molecular flexibility index (Phi) is 6.61. The highest BCUT2D eigenvalue weighted by Gasteiger charge is 2.10. The minimum atomic E-state index is -0.458.